The fraction of sp³-hybridized carbons (Fsp3) is 0.500. The molecule has 1 heterocycles. The summed E-state index contributed by atoms with van der Waals surface area (Å²) in [6, 6.07) is 7.64. The van der Waals surface area contributed by atoms with Gasteiger partial charge in [-0.1, -0.05) is 23.9 Å². The minimum absolute atomic E-state index is 0.350. The van der Waals surface area contributed by atoms with Gasteiger partial charge in [-0.25, -0.2) is 4.99 Å². The number of nitrogens with zero attached hydrogens (tertiary/aromatic N) is 2. The van der Waals surface area contributed by atoms with Crippen LogP contribution in [0.25, 0.3) is 0 Å². The summed E-state index contributed by atoms with van der Waals surface area (Å²) >= 11 is 1.39. The van der Waals surface area contributed by atoms with Crippen LogP contribution in [0.4, 0.5) is 5.69 Å². The van der Waals surface area contributed by atoms with E-state index in [1.54, 1.807) is 0 Å². The SMILES string of the molecule is CSC(=Nc1ccc(C2OC(C)(C)C(C)(C)O2)cc1)NC#N. The van der Waals surface area contributed by atoms with E-state index >= 15 is 0 Å². The second-order valence-corrected chi connectivity index (χ2v) is 6.83. The molecule has 0 aromatic heterocycles. The Morgan fingerprint density at radius 1 is 1.18 bits per heavy atom. The highest BCUT2D eigenvalue weighted by Gasteiger charge is 2.49. The first-order valence-electron chi connectivity index (χ1n) is 7.02. The molecule has 118 valence electrons. The molecule has 1 aliphatic heterocycles. The molecule has 0 unspecified atom stereocenters. The molecular formula is C16H21N3O2S. The van der Waals surface area contributed by atoms with Crippen molar-refractivity contribution in [1.82, 2.24) is 5.32 Å². The molecule has 1 aliphatic rings. The lowest BCUT2D eigenvalue weighted by atomic mass is 9.90. The average molecular weight is 319 g/mol. The first-order valence-corrected chi connectivity index (χ1v) is 8.25. The normalized spacial score (nSPS) is 20.6. The summed E-state index contributed by atoms with van der Waals surface area (Å²) in [5.74, 6) is 0. The van der Waals surface area contributed by atoms with Crippen molar-refractivity contribution in [3.63, 3.8) is 0 Å². The van der Waals surface area contributed by atoms with Crippen molar-refractivity contribution >= 4 is 22.6 Å². The number of nitriles is 1. The number of ether oxygens (including phenoxy) is 2. The smallest absolute Gasteiger partial charge is 0.185 e. The number of amidine groups is 1. The van der Waals surface area contributed by atoms with Crippen LogP contribution in [0.3, 0.4) is 0 Å². The summed E-state index contributed by atoms with van der Waals surface area (Å²) in [5, 5.41) is 11.7. The number of thioether (sulfide) groups is 1. The molecule has 1 saturated heterocycles. The van der Waals surface area contributed by atoms with Gasteiger partial charge in [0.25, 0.3) is 0 Å². The van der Waals surface area contributed by atoms with E-state index in [1.165, 1.54) is 11.8 Å². The van der Waals surface area contributed by atoms with Crippen molar-refractivity contribution in [2.75, 3.05) is 6.26 Å². The van der Waals surface area contributed by atoms with E-state index in [0.717, 1.165) is 11.3 Å². The van der Waals surface area contributed by atoms with Gasteiger partial charge in [-0.15, -0.1) is 0 Å². The van der Waals surface area contributed by atoms with E-state index in [0.29, 0.717) is 5.17 Å². The summed E-state index contributed by atoms with van der Waals surface area (Å²) in [5.41, 5.74) is 1.03. The van der Waals surface area contributed by atoms with Crippen molar-refractivity contribution < 1.29 is 9.47 Å². The molecular weight excluding hydrogens is 298 g/mol. The molecule has 0 radical (unpaired) electrons. The molecule has 1 aromatic rings. The van der Waals surface area contributed by atoms with Crippen molar-refractivity contribution in [1.29, 1.82) is 5.26 Å². The quantitative estimate of drug-likeness (QED) is 0.389. The molecule has 1 aromatic carbocycles. The largest absolute Gasteiger partial charge is 0.339 e. The summed E-state index contributed by atoms with van der Waals surface area (Å²) in [7, 11) is 0. The van der Waals surface area contributed by atoms with Crippen LogP contribution in [0.15, 0.2) is 29.3 Å². The number of nitrogens with one attached hydrogen (secondary N) is 1. The molecule has 2 rings (SSSR count). The highest BCUT2D eigenvalue weighted by Crippen LogP contribution is 2.44. The molecule has 6 heteroatoms. The number of aliphatic imine (C=N–C) groups is 1. The Balaban J connectivity index is 2.16. The first kappa shape index (κ1) is 16.8. The maximum atomic E-state index is 8.64. The van der Waals surface area contributed by atoms with E-state index in [2.05, 4.69) is 10.3 Å². The van der Waals surface area contributed by atoms with Crippen LogP contribution in [0.1, 0.15) is 39.5 Å². The third kappa shape index (κ3) is 3.43. The Morgan fingerprint density at radius 3 is 2.18 bits per heavy atom. The number of rotatable bonds is 2. The Kier molecular flexibility index (Phi) is 4.81. The Morgan fingerprint density at radius 2 is 1.73 bits per heavy atom. The second-order valence-electron chi connectivity index (χ2n) is 6.04. The van der Waals surface area contributed by atoms with Crippen LogP contribution in [0.2, 0.25) is 0 Å². The monoisotopic (exact) mass is 319 g/mol. The van der Waals surface area contributed by atoms with Crippen LogP contribution >= 0.6 is 11.8 Å². The molecule has 0 bridgehead atoms. The Labute approximate surface area is 135 Å². The van der Waals surface area contributed by atoms with E-state index in [1.807, 2.05) is 64.4 Å². The Bertz CT molecular complexity index is 587. The second kappa shape index (κ2) is 6.29. The number of hydrogen-bond acceptors (Lipinski definition) is 5. The predicted octanol–water partition coefficient (Wildman–Crippen LogP) is 3.71. The van der Waals surface area contributed by atoms with Crippen LogP contribution in [0, 0.1) is 11.5 Å². The summed E-state index contributed by atoms with van der Waals surface area (Å²) in [4.78, 5) is 4.36. The van der Waals surface area contributed by atoms with Gasteiger partial charge in [0.15, 0.2) is 17.7 Å². The molecule has 0 atom stereocenters. The van der Waals surface area contributed by atoms with Gasteiger partial charge in [0.2, 0.25) is 0 Å². The zero-order valence-corrected chi connectivity index (χ0v) is 14.3. The number of hydrogen-bond donors (Lipinski definition) is 1. The minimum Gasteiger partial charge on any atom is -0.339 e. The zero-order valence-electron chi connectivity index (χ0n) is 13.5. The van der Waals surface area contributed by atoms with Gasteiger partial charge in [0, 0.05) is 5.56 Å². The van der Waals surface area contributed by atoms with Crippen molar-refractivity contribution in [3.05, 3.63) is 29.8 Å². The lowest BCUT2D eigenvalue weighted by molar-refractivity contribution is -0.0895. The van der Waals surface area contributed by atoms with Crippen molar-refractivity contribution in [2.45, 2.75) is 45.2 Å². The molecule has 1 fully saturated rings. The van der Waals surface area contributed by atoms with Gasteiger partial charge < -0.3 is 9.47 Å². The first-order chi connectivity index (χ1) is 10.3. The highest BCUT2D eigenvalue weighted by atomic mass is 32.2. The van der Waals surface area contributed by atoms with Gasteiger partial charge >= 0.3 is 0 Å². The van der Waals surface area contributed by atoms with Crippen LogP contribution in [0.5, 0.6) is 0 Å². The van der Waals surface area contributed by atoms with Crippen molar-refractivity contribution in [2.24, 2.45) is 4.99 Å². The fourth-order valence-electron chi connectivity index (χ4n) is 1.97. The topological polar surface area (TPSA) is 66.6 Å². The third-order valence-electron chi connectivity index (χ3n) is 4.01. The van der Waals surface area contributed by atoms with Crippen LogP contribution in [-0.2, 0) is 9.47 Å². The van der Waals surface area contributed by atoms with E-state index in [4.69, 9.17) is 14.7 Å². The molecule has 1 N–H and O–H groups in total. The maximum Gasteiger partial charge on any atom is 0.185 e. The zero-order chi connectivity index (χ0) is 16.4. The van der Waals surface area contributed by atoms with Gasteiger partial charge in [-0.2, -0.15) is 5.26 Å². The van der Waals surface area contributed by atoms with Gasteiger partial charge in [-0.05, 0) is 46.1 Å². The van der Waals surface area contributed by atoms with E-state index in [9.17, 15) is 0 Å². The van der Waals surface area contributed by atoms with Gasteiger partial charge in [0.1, 0.15) is 0 Å². The molecule has 0 saturated carbocycles. The highest BCUT2D eigenvalue weighted by molar-refractivity contribution is 8.13. The molecule has 22 heavy (non-hydrogen) atoms. The average Bonchev–Trinajstić information content (AvgIpc) is 2.67. The Hall–Kier alpha value is -1.55. The van der Waals surface area contributed by atoms with Crippen LogP contribution < -0.4 is 5.32 Å². The summed E-state index contributed by atoms with van der Waals surface area (Å²) in [6.07, 6.45) is 3.36. The van der Waals surface area contributed by atoms with Gasteiger partial charge in [0.05, 0.1) is 16.9 Å². The third-order valence-corrected chi connectivity index (χ3v) is 4.59. The van der Waals surface area contributed by atoms with E-state index in [-0.39, 0.29) is 17.5 Å². The van der Waals surface area contributed by atoms with E-state index < -0.39 is 0 Å². The molecule has 0 amide bonds. The molecule has 0 aliphatic carbocycles. The maximum absolute atomic E-state index is 8.64. The van der Waals surface area contributed by atoms with Crippen LogP contribution in [-0.4, -0.2) is 22.6 Å². The van der Waals surface area contributed by atoms with Gasteiger partial charge in [-0.3, -0.25) is 5.32 Å². The summed E-state index contributed by atoms with van der Waals surface area (Å²) < 4.78 is 12.0. The summed E-state index contributed by atoms with van der Waals surface area (Å²) in [6.45, 7) is 8.13. The molecule has 5 nitrogen and oxygen atoms in total. The molecule has 0 spiro atoms. The standard InChI is InChI=1S/C16H21N3O2S/c1-15(2)16(3,4)21-13(20-15)11-6-8-12(9-7-11)19-14(22-5)18-10-17/h6-9,13H,1-5H3,(H,18,19). The van der Waals surface area contributed by atoms with Crippen molar-refractivity contribution in [3.8, 4) is 6.19 Å². The fourth-order valence-corrected chi connectivity index (χ4v) is 2.32. The number of benzene rings is 1. The lowest BCUT2D eigenvalue weighted by Gasteiger charge is -2.30. The lowest BCUT2D eigenvalue weighted by Crippen LogP contribution is -2.41. The minimum atomic E-state index is -0.375. The predicted molar refractivity (Wildman–Crippen MR) is 88.9 cm³/mol.